The van der Waals surface area contributed by atoms with Crippen molar-refractivity contribution >= 4 is 5.78 Å². The molecule has 3 rings (SSSR count). The molecule has 0 amide bonds. The highest BCUT2D eigenvalue weighted by molar-refractivity contribution is 5.95. The number of hydrogen-bond acceptors (Lipinski definition) is 3. The van der Waals surface area contributed by atoms with Crippen molar-refractivity contribution < 1.29 is 9.18 Å². The van der Waals surface area contributed by atoms with Crippen LogP contribution in [0.15, 0.2) is 48.5 Å². The minimum atomic E-state index is -0.301. The van der Waals surface area contributed by atoms with Crippen LogP contribution in [-0.4, -0.2) is 48.3 Å². The Hall–Kier alpha value is -2.04. The lowest BCUT2D eigenvalue weighted by molar-refractivity contribution is 0.0959. The van der Waals surface area contributed by atoms with Gasteiger partial charge < -0.3 is 4.90 Å². The Bertz CT molecular complexity index is 704. The van der Waals surface area contributed by atoms with Crippen LogP contribution in [0.1, 0.15) is 34.3 Å². The molecule has 0 atom stereocenters. The zero-order valence-electron chi connectivity index (χ0n) is 15.5. The number of halogens is 1. The standard InChI is InChI=1S/C22H27FN2O/c1-18-4-6-19(7-5-18)17-25-15-13-24(14-16-25)12-2-3-22(26)20-8-10-21(23)11-9-20/h4-11H,2-3,12-17H2,1H3. The highest BCUT2D eigenvalue weighted by Crippen LogP contribution is 2.12. The van der Waals surface area contributed by atoms with Gasteiger partial charge in [-0.2, -0.15) is 0 Å². The van der Waals surface area contributed by atoms with Crippen LogP contribution in [0.25, 0.3) is 0 Å². The van der Waals surface area contributed by atoms with Crippen molar-refractivity contribution in [3.63, 3.8) is 0 Å². The number of ketones is 1. The third kappa shape index (κ3) is 5.48. The van der Waals surface area contributed by atoms with E-state index in [1.54, 1.807) is 12.1 Å². The molecule has 26 heavy (non-hydrogen) atoms. The number of hydrogen-bond donors (Lipinski definition) is 0. The highest BCUT2D eigenvalue weighted by Gasteiger charge is 2.17. The summed E-state index contributed by atoms with van der Waals surface area (Å²) in [7, 11) is 0. The molecule has 0 spiro atoms. The molecule has 0 N–H and O–H groups in total. The fourth-order valence-corrected chi connectivity index (χ4v) is 3.37. The summed E-state index contributed by atoms with van der Waals surface area (Å²) in [5.74, 6) is -0.201. The van der Waals surface area contributed by atoms with Gasteiger partial charge in [-0.3, -0.25) is 9.69 Å². The Labute approximate surface area is 155 Å². The summed E-state index contributed by atoms with van der Waals surface area (Å²) >= 11 is 0. The van der Waals surface area contributed by atoms with Crippen molar-refractivity contribution in [1.82, 2.24) is 9.80 Å². The van der Waals surface area contributed by atoms with E-state index in [2.05, 4.69) is 41.0 Å². The number of benzene rings is 2. The summed E-state index contributed by atoms with van der Waals surface area (Å²) in [5.41, 5.74) is 3.28. The SMILES string of the molecule is Cc1ccc(CN2CCN(CCCC(=O)c3ccc(F)cc3)CC2)cc1. The van der Waals surface area contributed by atoms with Gasteiger partial charge in [0, 0.05) is 44.7 Å². The van der Waals surface area contributed by atoms with Gasteiger partial charge in [-0.15, -0.1) is 0 Å². The largest absolute Gasteiger partial charge is 0.301 e. The zero-order valence-corrected chi connectivity index (χ0v) is 15.5. The molecule has 0 saturated carbocycles. The topological polar surface area (TPSA) is 23.6 Å². The first-order chi connectivity index (χ1) is 12.6. The maximum Gasteiger partial charge on any atom is 0.162 e. The quantitative estimate of drug-likeness (QED) is 0.704. The molecule has 3 nitrogen and oxygen atoms in total. The molecule has 138 valence electrons. The predicted octanol–water partition coefficient (Wildman–Crippen LogP) is 3.91. The van der Waals surface area contributed by atoms with Gasteiger partial charge in [-0.1, -0.05) is 29.8 Å². The van der Waals surface area contributed by atoms with Crippen molar-refractivity contribution in [2.75, 3.05) is 32.7 Å². The lowest BCUT2D eigenvalue weighted by Crippen LogP contribution is -2.46. The van der Waals surface area contributed by atoms with Crippen LogP contribution >= 0.6 is 0 Å². The van der Waals surface area contributed by atoms with Crippen molar-refractivity contribution in [2.24, 2.45) is 0 Å². The molecule has 0 radical (unpaired) electrons. The van der Waals surface area contributed by atoms with E-state index in [1.165, 1.54) is 23.3 Å². The van der Waals surface area contributed by atoms with E-state index in [4.69, 9.17) is 0 Å². The number of aryl methyl sites for hydroxylation is 1. The van der Waals surface area contributed by atoms with Gasteiger partial charge in [0.2, 0.25) is 0 Å². The van der Waals surface area contributed by atoms with Gasteiger partial charge in [0.25, 0.3) is 0 Å². The second-order valence-electron chi connectivity index (χ2n) is 7.14. The molecular weight excluding hydrogens is 327 g/mol. The van der Waals surface area contributed by atoms with E-state index in [-0.39, 0.29) is 11.6 Å². The zero-order chi connectivity index (χ0) is 18.4. The predicted molar refractivity (Wildman–Crippen MR) is 103 cm³/mol. The summed E-state index contributed by atoms with van der Waals surface area (Å²) in [6.45, 7) is 8.32. The molecule has 1 aliphatic rings. The lowest BCUT2D eigenvalue weighted by atomic mass is 10.1. The highest BCUT2D eigenvalue weighted by atomic mass is 19.1. The van der Waals surface area contributed by atoms with Crippen LogP contribution in [0.2, 0.25) is 0 Å². The number of nitrogens with zero attached hydrogens (tertiary/aromatic N) is 2. The number of rotatable bonds is 7. The van der Waals surface area contributed by atoms with Crippen LogP contribution in [0.3, 0.4) is 0 Å². The molecule has 0 unspecified atom stereocenters. The van der Waals surface area contributed by atoms with E-state index in [0.717, 1.165) is 45.7 Å². The molecule has 1 aliphatic heterocycles. The van der Waals surface area contributed by atoms with Crippen molar-refractivity contribution in [2.45, 2.75) is 26.3 Å². The van der Waals surface area contributed by atoms with Crippen LogP contribution in [-0.2, 0) is 6.54 Å². The molecule has 1 saturated heterocycles. The second kappa shape index (κ2) is 9.06. The van der Waals surface area contributed by atoms with E-state index in [1.807, 2.05) is 0 Å². The van der Waals surface area contributed by atoms with Crippen molar-refractivity contribution in [3.8, 4) is 0 Å². The first kappa shape index (κ1) is 18.7. The summed E-state index contributed by atoms with van der Waals surface area (Å²) in [5, 5.41) is 0. The molecule has 0 aromatic heterocycles. The average molecular weight is 354 g/mol. The smallest absolute Gasteiger partial charge is 0.162 e. The molecular formula is C22H27FN2O. The number of Topliss-reactive ketones (excluding diaryl/α,β-unsaturated/α-hetero) is 1. The molecule has 1 fully saturated rings. The van der Waals surface area contributed by atoms with Crippen LogP contribution in [0, 0.1) is 12.7 Å². The maximum atomic E-state index is 12.9. The third-order valence-electron chi connectivity index (χ3n) is 5.04. The van der Waals surface area contributed by atoms with Crippen molar-refractivity contribution in [1.29, 1.82) is 0 Å². The fraction of sp³-hybridized carbons (Fsp3) is 0.409. The number of carbonyl (C=O) groups is 1. The van der Waals surface area contributed by atoms with Crippen molar-refractivity contribution in [3.05, 3.63) is 71.0 Å². The molecule has 4 heteroatoms. The normalized spacial score (nSPS) is 15.9. The molecule has 0 bridgehead atoms. The summed E-state index contributed by atoms with van der Waals surface area (Å²) in [6, 6.07) is 14.6. The van der Waals surface area contributed by atoms with Gasteiger partial charge >= 0.3 is 0 Å². The number of piperazine rings is 1. The fourth-order valence-electron chi connectivity index (χ4n) is 3.37. The van der Waals surface area contributed by atoms with Gasteiger partial charge in [0.15, 0.2) is 5.78 Å². The van der Waals surface area contributed by atoms with Gasteiger partial charge in [0.05, 0.1) is 0 Å². The van der Waals surface area contributed by atoms with E-state index in [9.17, 15) is 9.18 Å². The van der Waals surface area contributed by atoms with E-state index in [0.29, 0.717) is 12.0 Å². The molecule has 2 aromatic carbocycles. The molecule has 2 aromatic rings. The van der Waals surface area contributed by atoms with Crippen LogP contribution in [0.4, 0.5) is 4.39 Å². The second-order valence-corrected chi connectivity index (χ2v) is 7.14. The lowest BCUT2D eigenvalue weighted by Gasteiger charge is -2.34. The summed E-state index contributed by atoms with van der Waals surface area (Å²) in [4.78, 5) is 17.1. The Morgan fingerprint density at radius 2 is 1.54 bits per heavy atom. The van der Waals surface area contributed by atoms with E-state index < -0.39 is 0 Å². The van der Waals surface area contributed by atoms with Crippen LogP contribution in [0.5, 0.6) is 0 Å². The molecule has 0 aliphatic carbocycles. The third-order valence-corrected chi connectivity index (χ3v) is 5.04. The maximum absolute atomic E-state index is 12.9. The Balaban J connectivity index is 1.35. The first-order valence-corrected chi connectivity index (χ1v) is 9.39. The van der Waals surface area contributed by atoms with Crippen LogP contribution < -0.4 is 0 Å². The van der Waals surface area contributed by atoms with Gasteiger partial charge in [0.1, 0.15) is 5.82 Å². The van der Waals surface area contributed by atoms with Gasteiger partial charge in [-0.25, -0.2) is 4.39 Å². The van der Waals surface area contributed by atoms with E-state index >= 15 is 0 Å². The minimum Gasteiger partial charge on any atom is -0.301 e. The average Bonchev–Trinajstić information content (AvgIpc) is 2.65. The van der Waals surface area contributed by atoms with Gasteiger partial charge in [-0.05, 0) is 49.7 Å². The summed E-state index contributed by atoms with van der Waals surface area (Å²) < 4.78 is 12.9. The molecule has 1 heterocycles. The monoisotopic (exact) mass is 354 g/mol. The first-order valence-electron chi connectivity index (χ1n) is 9.39. The number of carbonyl (C=O) groups excluding carboxylic acids is 1. The summed E-state index contributed by atoms with van der Waals surface area (Å²) in [6.07, 6.45) is 1.38. The Kier molecular flexibility index (Phi) is 6.53. The Morgan fingerprint density at radius 3 is 2.19 bits per heavy atom. The Morgan fingerprint density at radius 1 is 0.923 bits per heavy atom. The minimum absolute atomic E-state index is 0.100.